The van der Waals surface area contributed by atoms with Gasteiger partial charge in [-0.2, -0.15) is 0 Å². The van der Waals surface area contributed by atoms with Gasteiger partial charge in [0.15, 0.2) is 0 Å². The number of nitrogens with one attached hydrogen (secondary N) is 1. The van der Waals surface area contributed by atoms with Crippen molar-refractivity contribution < 1.29 is 72.8 Å². The molecule has 17 heteroatoms. The Morgan fingerprint density at radius 2 is 0.935 bits per heavy atom. The summed E-state index contributed by atoms with van der Waals surface area (Å²) >= 11 is 7.71. The second kappa shape index (κ2) is 35.8. The van der Waals surface area contributed by atoms with E-state index in [1.54, 1.807) is 0 Å². The van der Waals surface area contributed by atoms with Crippen LogP contribution < -0.4 is 34.9 Å². The van der Waals surface area contributed by atoms with Crippen LogP contribution >= 0.6 is 31.9 Å². The van der Waals surface area contributed by atoms with Crippen LogP contribution in [-0.4, -0.2) is 116 Å². The first-order valence-electron chi connectivity index (χ1n) is 26.4. The zero-order valence-electron chi connectivity index (χ0n) is 46.2. The predicted molar refractivity (Wildman–Crippen MR) is 308 cm³/mol. The van der Waals surface area contributed by atoms with Gasteiger partial charge in [0.25, 0.3) is 11.8 Å². The molecule has 1 N–H and O–H groups in total. The summed E-state index contributed by atoms with van der Waals surface area (Å²) in [4.78, 5) is 78.2. The normalized spacial score (nSPS) is 17.5. The van der Waals surface area contributed by atoms with Gasteiger partial charge < -0.3 is 32.6 Å². The van der Waals surface area contributed by atoms with Gasteiger partial charge in [0, 0.05) is 104 Å². The monoisotopic (exact) mass is 1190 g/mol. The summed E-state index contributed by atoms with van der Waals surface area (Å²) < 4.78 is 6.06. The van der Waals surface area contributed by atoms with Crippen LogP contribution in [0, 0.1) is 0 Å². The van der Waals surface area contributed by atoms with Crippen LogP contribution in [-0.2, 0) is 46.4 Å². The standard InChI is InChI=1S/C27H33BrN2O.C19H25BrN2O.C8H8O.C4H6O4.C2H3BO2.Na/c1-3-29(4-2)27(31)22-12-10-21(11-13-22)26(28)23-18-24-14-15-25(19-23)30(24)17-16-20-8-6-5-7-9-20;1-3-22(4-2)19(23)14-7-5-13(6-8-14)18(20)15-11-16-9-10-17(12-15)21-16;9-7-6-8-4-2-1-3-5-8;1-3(5)7-8-4(2)6;1-2(4)5-3;/h5-13,24-25H,3-4,14-19H2,1-2H3;5-8,16-17,21H,3-4,9-12H2,1-2H3;1-5,7H,6H2;1-2H3;1H3;/q;;;;-1;+1. The molecular formula is C60H75BBr2N4NaO9. The molecular weight excluding hydrogens is 1110 g/mol. The fraction of sp³-hybridized carbons (Fsp3) is 0.433. The van der Waals surface area contributed by atoms with Gasteiger partial charge in [-0.15, -0.1) is 0 Å². The van der Waals surface area contributed by atoms with E-state index in [4.69, 9.17) is 0 Å². The summed E-state index contributed by atoms with van der Waals surface area (Å²) in [7, 11) is 4.32. The molecule has 4 atom stereocenters. The van der Waals surface area contributed by atoms with Gasteiger partial charge in [-0.1, -0.05) is 128 Å². The Labute approximate surface area is 497 Å². The minimum absolute atomic E-state index is 0. The molecule has 0 aliphatic carbocycles. The number of hydrogen-bond donors (Lipinski definition) is 1. The molecule has 0 spiro atoms. The number of benzene rings is 4. The Morgan fingerprint density at radius 1 is 0.571 bits per heavy atom. The molecule has 13 nitrogen and oxygen atoms in total. The molecule has 4 unspecified atom stereocenters. The van der Waals surface area contributed by atoms with Crippen molar-refractivity contribution in [1.82, 2.24) is 20.0 Å². The molecule has 4 bridgehead atoms. The maximum absolute atomic E-state index is 12.6. The van der Waals surface area contributed by atoms with Gasteiger partial charge in [-0.05, 0) is 132 Å². The predicted octanol–water partition coefficient (Wildman–Crippen LogP) is 8.43. The van der Waals surface area contributed by atoms with Gasteiger partial charge in [-0.3, -0.25) is 19.3 Å². The number of rotatable bonds is 13. The third-order valence-corrected chi connectivity index (χ3v) is 15.7. The summed E-state index contributed by atoms with van der Waals surface area (Å²) in [6, 6.07) is 39.3. The molecule has 0 saturated carbocycles. The summed E-state index contributed by atoms with van der Waals surface area (Å²) in [6.45, 7) is 15.8. The van der Waals surface area contributed by atoms with E-state index in [1.807, 2.05) is 92.1 Å². The second-order valence-corrected chi connectivity index (χ2v) is 20.5. The van der Waals surface area contributed by atoms with Crippen LogP contribution in [0.1, 0.15) is 143 Å². The van der Waals surface area contributed by atoms with Crippen molar-refractivity contribution in [2.45, 2.75) is 137 Å². The van der Waals surface area contributed by atoms with Gasteiger partial charge in [-0.25, -0.2) is 19.4 Å². The fourth-order valence-corrected chi connectivity index (χ4v) is 11.0. The van der Waals surface area contributed by atoms with E-state index in [-0.39, 0.29) is 41.4 Å². The van der Waals surface area contributed by atoms with Crippen LogP contribution in [0.4, 0.5) is 0 Å². The van der Waals surface area contributed by atoms with Gasteiger partial charge in [0.2, 0.25) is 5.97 Å². The van der Waals surface area contributed by atoms with Crippen molar-refractivity contribution in [3.8, 4) is 0 Å². The largest absolute Gasteiger partial charge is 1.00 e. The molecule has 3 radical (unpaired) electrons. The van der Waals surface area contributed by atoms with E-state index < -0.39 is 17.9 Å². The van der Waals surface area contributed by atoms with Crippen molar-refractivity contribution in [2.24, 2.45) is 0 Å². The number of piperidine rings is 2. The minimum Gasteiger partial charge on any atom is -0.793 e. The molecule has 4 saturated heterocycles. The molecule has 407 valence electrons. The van der Waals surface area contributed by atoms with Crippen molar-refractivity contribution in [2.75, 3.05) is 32.7 Å². The van der Waals surface area contributed by atoms with Crippen molar-refractivity contribution in [3.63, 3.8) is 0 Å². The molecule has 8 rings (SSSR count). The Bertz CT molecular complexity index is 2500. The Balaban J connectivity index is 0.000000295. The van der Waals surface area contributed by atoms with Crippen molar-refractivity contribution in [1.29, 1.82) is 0 Å². The number of aldehydes is 1. The molecule has 77 heavy (non-hydrogen) atoms. The topological polar surface area (TPSA) is 152 Å². The number of carbonyl (C=O) groups is 6. The number of hydrogen-bond acceptors (Lipinski definition) is 11. The second-order valence-electron chi connectivity index (χ2n) is 18.9. The van der Waals surface area contributed by atoms with Crippen molar-refractivity contribution in [3.05, 3.63) is 154 Å². The van der Waals surface area contributed by atoms with Crippen LogP contribution in [0.15, 0.2) is 120 Å². The van der Waals surface area contributed by atoms with Gasteiger partial charge >= 0.3 is 41.5 Å². The van der Waals surface area contributed by atoms with Gasteiger partial charge in [0.1, 0.15) is 6.29 Å². The van der Waals surface area contributed by atoms with Crippen LogP contribution in [0.25, 0.3) is 8.96 Å². The number of halogens is 2. The van der Waals surface area contributed by atoms with E-state index in [9.17, 15) is 28.8 Å². The van der Waals surface area contributed by atoms with E-state index >= 15 is 0 Å². The molecule has 4 aliphatic rings. The van der Waals surface area contributed by atoms with E-state index in [0.29, 0.717) is 30.6 Å². The first kappa shape index (κ1) is 66.6. The third kappa shape index (κ3) is 22.2. The zero-order chi connectivity index (χ0) is 55.6. The molecule has 4 aromatic carbocycles. The SMILES string of the molecule is CC(=O)OOC(C)=O.CCN(CC)C(=O)c1ccc(C(Br)=C2CC3CCC(C2)N3)cc1.CCN(CC)C(=O)c1ccc(C(Br)=C2CC3CCC(C2)N3CCc2ccccc2)cc1.O=CCc1ccccc1.[B-]OC(C)=O.[Na+]. The maximum Gasteiger partial charge on any atom is 1.00 e. The van der Waals surface area contributed by atoms with Crippen LogP contribution in [0.5, 0.6) is 0 Å². The maximum atomic E-state index is 12.6. The van der Waals surface area contributed by atoms with E-state index in [1.165, 1.54) is 69.4 Å². The fourth-order valence-electron chi connectivity index (χ4n) is 9.78. The average Bonchev–Trinajstić information content (AvgIpc) is 3.92. The molecule has 0 aromatic heterocycles. The molecule has 2 amide bonds. The average molecular weight is 1190 g/mol. The quantitative estimate of drug-likeness (QED) is 0.0595. The summed E-state index contributed by atoms with van der Waals surface area (Å²) in [6.07, 6.45) is 12.3. The Kier molecular flexibility index (Phi) is 30.9. The summed E-state index contributed by atoms with van der Waals surface area (Å²) in [5.41, 5.74) is 9.46. The number of fused-ring (bicyclic) bond motifs is 4. The summed E-state index contributed by atoms with van der Waals surface area (Å²) in [5.74, 6) is -1.51. The molecule has 4 aromatic rings. The first-order valence-corrected chi connectivity index (χ1v) is 27.9. The Morgan fingerprint density at radius 3 is 1.29 bits per heavy atom. The van der Waals surface area contributed by atoms with Crippen molar-refractivity contribution >= 4 is 84.9 Å². The Hall–Kier alpha value is -4.68. The van der Waals surface area contributed by atoms with Crippen LogP contribution in [0.2, 0.25) is 0 Å². The van der Waals surface area contributed by atoms with E-state index in [2.05, 4.69) is 119 Å². The van der Waals surface area contributed by atoms with E-state index in [0.717, 1.165) is 102 Å². The zero-order valence-corrected chi connectivity index (χ0v) is 51.4. The molecule has 4 aliphatic heterocycles. The summed E-state index contributed by atoms with van der Waals surface area (Å²) in [5, 5.41) is 3.67. The smallest absolute Gasteiger partial charge is 0.793 e. The number of amides is 2. The molecule has 4 fully saturated rings. The van der Waals surface area contributed by atoms with Gasteiger partial charge in [0.05, 0.1) is 0 Å². The third-order valence-electron chi connectivity index (χ3n) is 13.7. The first-order chi connectivity index (χ1) is 36.5. The minimum atomic E-state index is -0.639. The number of carbonyl (C=O) groups excluding carboxylic acids is 6. The molecule has 4 heterocycles. The number of nitrogens with zero attached hydrogens (tertiary/aromatic N) is 3. The van der Waals surface area contributed by atoms with Crippen LogP contribution in [0.3, 0.4) is 0 Å².